The Morgan fingerprint density at radius 3 is 1.10 bits per heavy atom. The van der Waals surface area contributed by atoms with Crippen molar-refractivity contribution in [2.75, 3.05) is 13.2 Å². The summed E-state index contributed by atoms with van der Waals surface area (Å²) in [7, 11) is 0. The van der Waals surface area contributed by atoms with E-state index in [1.165, 1.54) is 51.4 Å². The molecule has 0 aliphatic rings. The van der Waals surface area contributed by atoms with Crippen LogP contribution in [0.25, 0.3) is 0 Å². The van der Waals surface area contributed by atoms with Gasteiger partial charge in [0.05, 0.1) is 0 Å². The minimum atomic E-state index is -0.823. The van der Waals surface area contributed by atoms with Crippen LogP contribution in [0.5, 0.6) is 0 Å². The standard InChI is InChI=1S/C55H88O6/c1-4-7-10-13-16-19-22-24-26-28-30-33-36-39-42-45-48-54(57)60-51-52(50-59-53(56)47-44-41-38-35-32-21-18-15-12-9-6-3)61-55(58)49-46-43-40-37-34-31-29-27-25-23-20-17-14-11-8-5-2/h7-8,10-11,16-17,19-20,24-27,30-31,33-34,39,42,52H,4-6,9,12-15,18,21-23,28-29,32,35-38,40-41,43-51H2,1-3H3/b10-7-,11-8-,19-16-,20-17-,26-24-,27-25-,33-30-,34-31-,42-39-. The second-order valence-corrected chi connectivity index (χ2v) is 15.6. The van der Waals surface area contributed by atoms with Crippen LogP contribution >= 0.6 is 0 Å². The smallest absolute Gasteiger partial charge is 0.306 e. The number of ether oxygens (including phenoxy) is 3. The second-order valence-electron chi connectivity index (χ2n) is 15.6. The Kier molecular flexibility index (Phi) is 45.6. The highest BCUT2D eigenvalue weighted by molar-refractivity contribution is 5.71. The van der Waals surface area contributed by atoms with Crippen molar-refractivity contribution in [3.63, 3.8) is 0 Å². The maximum atomic E-state index is 12.8. The number of hydrogen-bond donors (Lipinski definition) is 0. The second kappa shape index (κ2) is 48.7. The average molecular weight is 845 g/mol. The maximum absolute atomic E-state index is 12.8. The van der Waals surface area contributed by atoms with Crippen molar-refractivity contribution in [1.82, 2.24) is 0 Å². The summed E-state index contributed by atoms with van der Waals surface area (Å²) in [5.74, 6) is -1.04. The average Bonchev–Trinajstić information content (AvgIpc) is 3.26. The summed E-state index contributed by atoms with van der Waals surface area (Å²) in [6.07, 6.45) is 65.1. The monoisotopic (exact) mass is 845 g/mol. The summed E-state index contributed by atoms with van der Waals surface area (Å²) in [6.45, 7) is 6.29. The molecule has 6 heteroatoms. The van der Waals surface area contributed by atoms with Gasteiger partial charge in [0.15, 0.2) is 6.10 Å². The molecule has 0 bridgehead atoms. The molecule has 0 spiro atoms. The first kappa shape index (κ1) is 57.1. The minimum absolute atomic E-state index is 0.115. The van der Waals surface area contributed by atoms with Gasteiger partial charge in [-0.25, -0.2) is 0 Å². The van der Waals surface area contributed by atoms with E-state index in [9.17, 15) is 14.4 Å². The maximum Gasteiger partial charge on any atom is 0.306 e. The summed E-state index contributed by atoms with van der Waals surface area (Å²) in [5, 5.41) is 0. The third-order valence-electron chi connectivity index (χ3n) is 9.79. The number of rotatable bonds is 42. The van der Waals surface area contributed by atoms with E-state index in [4.69, 9.17) is 14.2 Å². The largest absolute Gasteiger partial charge is 0.462 e. The predicted molar refractivity (Wildman–Crippen MR) is 260 cm³/mol. The van der Waals surface area contributed by atoms with Gasteiger partial charge in [-0.1, -0.05) is 201 Å². The molecule has 0 aliphatic heterocycles. The van der Waals surface area contributed by atoms with E-state index in [-0.39, 0.29) is 44.0 Å². The molecule has 0 radical (unpaired) electrons. The van der Waals surface area contributed by atoms with Crippen molar-refractivity contribution in [2.45, 2.75) is 207 Å². The highest BCUT2D eigenvalue weighted by Gasteiger charge is 2.19. The van der Waals surface area contributed by atoms with Gasteiger partial charge in [0.1, 0.15) is 13.2 Å². The number of hydrogen-bond acceptors (Lipinski definition) is 6. The molecule has 0 aromatic carbocycles. The molecule has 61 heavy (non-hydrogen) atoms. The van der Waals surface area contributed by atoms with Crippen molar-refractivity contribution in [1.29, 1.82) is 0 Å². The van der Waals surface area contributed by atoms with E-state index in [0.29, 0.717) is 19.3 Å². The first-order chi connectivity index (χ1) is 30.0. The number of carbonyl (C=O) groups is 3. The van der Waals surface area contributed by atoms with Gasteiger partial charge in [-0.2, -0.15) is 0 Å². The van der Waals surface area contributed by atoms with Crippen molar-refractivity contribution >= 4 is 17.9 Å². The summed E-state index contributed by atoms with van der Waals surface area (Å²) < 4.78 is 16.7. The van der Waals surface area contributed by atoms with E-state index in [2.05, 4.69) is 118 Å². The highest BCUT2D eigenvalue weighted by atomic mass is 16.6. The molecule has 0 N–H and O–H groups in total. The van der Waals surface area contributed by atoms with Gasteiger partial charge in [0.25, 0.3) is 0 Å². The lowest BCUT2D eigenvalue weighted by atomic mass is 10.1. The first-order valence-corrected chi connectivity index (χ1v) is 24.4. The van der Waals surface area contributed by atoms with Crippen molar-refractivity contribution in [2.24, 2.45) is 0 Å². The van der Waals surface area contributed by atoms with Crippen LogP contribution in [0.2, 0.25) is 0 Å². The van der Waals surface area contributed by atoms with Crippen LogP contribution in [0.3, 0.4) is 0 Å². The van der Waals surface area contributed by atoms with Gasteiger partial charge >= 0.3 is 17.9 Å². The van der Waals surface area contributed by atoms with Crippen molar-refractivity contribution in [3.05, 3.63) is 109 Å². The zero-order valence-electron chi connectivity index (χ0n) is 39.1. The van der Waals surface area contributed by atoms with Crippen LogP contribution in [-0.4, -0.2) is 37.2 Å². The zero-order chi connectivity index (χ0) is 44.4. The molecule has 0 aromatic heterocycles. The van der Waals surface area contributed by atoms with Gasteiger partial charge in [0, 0.05) is 19.3 Å². The minimum Gasteiger partial charge on any atom is -0.462 e. The van der Waals surface area contributed by atoms with E-state index >= 15 is 0 Å². The number of allylic oxidation sites excluding steroid dienone is 18. The van der Waals surface area contributed by atoms with Crippen LogP contribution in [0, 0.1) is 0 Å². The van der Waals surface area contributed by atoms with Crippen LogP contribution in [0.4, 0.5) is 0 Å². The molecule has 1 unspecified atom stereocenters. The zero-order valence-corrected chi connectivity index (χ0v) is 39.1. The van der Waals surface area contributed by atoms with E-state index in [1.54, 1.807) is 0 Å². The Morgan fingerprint density at radius 2 is 0.672 bits per heavy atom. The molecule has 0 aromatic rings. The van der Waals surface area contributed by atoms with Crippen LogP contribution in [0.1, 0.15) is 201 Å². The summed E-state index contributed by atoms with van der Waals surface area (Å²) in [5.41, 5.74) is 0. The summed E-state index contributed by atoms with van der Waals surface area (Å²) in [6, 6.07) is 0. The lowest BCUT2D eigenvalue weighted by Gasteiger charge is -2.18. The quantitative estimate of drug-likeness (QED) is 0.0264. The Bertz CT molecular complexity index is 1290. The molecule has 344 valence electrons. The molecule has 0 saturated carbocycles. The lowest BCUT2D eigenvalue weighted by molar-refractivity contribution is -0.166. The molecule has 6 nitrogen and oxygen atoms in total. The highest BCUT2D eigenvalue weighted by Crippen LogP contribution is 2.13. The Hall–Kier alpha value is -3.93. The third kappa shape index (κ3) is 47.0. The SMILES string of the molecule is CC/C=C\C/C=C\C/C=C\C/C=C\C/C=C\CCC(=O)OCC(COC(=O)CCCCCCCCCCCCC)OC(=O)CCCCC/C=C\C/C=C\C/C=C\C/C=C\CC. The topological polar surface area (TPSA) is 78.9 Å². The predicted octanol–water partition coefficient (Wildman–Crippen LogP) is 16.0. The summed E-state index contributed by atoms with van der Waals surface area (Å²) in [4.78, 5) is 37.8. The Morgan fingerprint density at radius 1 is 0.344 bits per heavy atom. The Labute approximate surface area is 374 Å². The van der Waals surface area contributed by atoms with Crippen LogP contribution in [0.15, 0.2) is 109 Å². The van der Waals surface area contributed by atoms with Crippen molar-refractivity contribution in [3.8, 4) is 0 Å². The molecule has 0 aliphatic carbocycles. The van der Waals surface area contributed by atoms with Crippen LogP contribution < -0.4 is 0 Å². The fourth-order valence-corrected chi connectivity index (χ4v) is 6.19. The molecule has 0 amide bonds. The number of carbonyl (C=O) groups excluding carboxylic acids is 3. The van der Waals surface area contributed by atoms with Gasteiger partial charge in [-0.3, -0.25) is 14.4 Å². The van der Waals surface area contributed by atoms with Gasteiger partial charge in [0.2, 0.25) is 0 Å². The molecular formula is C55H88O6. The fraction of sp³-hybridized carbons (Fsp3) is 0.618. The lowest BCUT2D eigenvalue weighted by Crippen LogP contribution is -2.30. The van der Waals surface area contributed by atoms with E-state index in [0.717, 1.165) is 96.3 Å². The molecule has 0 fully saturated rings. The van der Waals surface area contributed by atoms with E-state index in [1.807, 2.05) is 12.2 Å². The molecule has 1 atom stereocenters. The number of esters is 3. The Balaban J connectivity index is 4.56. The van der Waals surface area contributed by atoms with Gasteiger partial charge in [-0.05, 0) is 89.9 Å². The van der Waals surface area contributed by atoms with Gasteiger partial charge in [-0.15, -0.1) is 0 Å². The van der Waals surface area contributed by atoms with Gasteiger partial charge < -0.3 is 14.2 Å². The van der Waals surface area contributed by atoms with Crippen LogP contribution in [-0.2, 0) is 28.6 Å². The molecule has 0 saturated heterocycles. The molecular weight excluding hydrogens is 757 g/mol. The van der Waals surface area contributed by atoms with E-state index < -0.39 is 6.10 Å². The summed E-state index contributed by atoms with van der Waals surface area (Å²) >= 11 is 0. The first-order valence-electron chi connectivity index (χ1n) is 24.4. The molecule has 0 heterocycles. The normalized spacial score (nSPS) is 13.0. The third-order valence-corrected chi connectivity index (χ3v) is 9.79. The van der Waals surface area contributed by atoms with Crippen molar-refractivity contribution < 1.29 is 28.6 Å². The molecule has 0 rings (SSSR count). The fourth-order valence-electron chi connectivity index (χ4n) is 6.19. The number of unbranched alkanes of at least 4 members (excludes halogenated alkanes) is 13.